The number of para-hydroxylation sites is 1. The standard InChI is InChI=1S/C17H27NO2/c1-3-13(8-9-19)12-18-15-10-14(11-15)16-6-4-5-7-17(16)20-2/h4-7,13-15,18-19H,3,8-12H2,1-2H3. The molecule has 0 aliphatic heterocycles. The van der Waals surface area contributed by atoms with Crippen molar-refractivity contribution in [3.63, 3.8) is 0 Å². The van der Waals surface area contributed by atoms with Gasteiger partial charge in [0.1, 0.15) is 5.75 Å². The van der Waals surface area contributed by atoms with Crippen LogP contribution in [0.4, 0.5) is 0 Å². The van der Waals surface area contributed by atoms with E-state index < -0.39 is 0 Å². The summed E-state index contributed by atoms with van der Waals surface area (Å²) in [5.41, 5.74) is 1.34. The van der Waals surface area contributed by atoms with Crippen molar-refractivity contribution in [2.75, 3.05) is 20.3 Å². The summed E-state index contributed by atoms with van der Waals surface area (Å²) >= 11 is 0. The summed E-state index contributed by atoms with van der Waals surface area (Å²) in [5.74, 6) is 2.24. The van der Waals surface area contributed by atoms with Gasteiger partial charge in [0.05, 0.1) is 7.11 Å². The van der Waals surface area contributed by atoms with E-state index in [0.29, 0.717) is 24.5 Å². The van der Waals surface area contributed by atoms with Gasteiger partial charge in [0.25, 0.3) is 0 Å². The van der Waals surface area contributed by atoms with Gasteiger partial charge in [0.15, 0.2) is 0 Å². The van der Waals surface area contributed by atoms with Gasteiger partial charge in [-0.05, 0) is 49.3 Å². The summed E-state index contributed by atoms with van der Waals surface area (Å²) in [7, 11) is 1.74. The zero-order valence-corrected chi connectivity index (χ0v) is 12.6. The normalized spacial score (nSPS) is 23.1. The minimum absolute atomic E-state index is 0.300. The molecule has 1 aliphatic carbocycles. The highest BCUT2D eigenvalue weighted by molar-refractivity contribution is 5.37. The molecule has 1 fully saturated rings. The van der Waals surface area contributed by atoms with E-state index in [2.05, 4.69) is 24.4 Å². The lowest BCUT2D eigenvalue weighted by Crippen LogP contribution is -2.42. The average Bonchev–Trinajstić information content (AvgIpc) is 2.44. The third kappa shape index (κ3) is 3.74. The van der Waals surface area contributed by atoms with Crippen LogP contribution < -0.4 is 10.1 Å². The smallest absolute Gasteiger partial charge is 0.122 e. The van der Waals surface area contributed by atoms with Gasteiger partial charge < -0.3 is 15.2 Å². The fraction of sp³-hybridized carbons (Fsp3) is 0.647. The molecule has 1 unspecified atom stereocenters. The summed E-state index contributed by atoms with van der Waals surface area (Å²) in [5, 5.41) is 12.7. The third-order valence-electron chi connectivity index (χ3n) is 4.53. The number of nitrogens with one attached hydrogen (secondary N) is 1. The molecule has 0 amide bonds. The molecule has 112 valence electrons. The largest absolute Gasteiger partial charge is 0.496 e. The van der Waals surface area contributed by atoms with Gasteiger partial charge in [-0.15, -0.1) is 0 Å². The first-order chi connectivity index (χ1) is 9.78. The molecule has 0 heterocycles. The van der Waals surface area contributed by atoms with Gasteiger partial charge in [0.2, 0.25) is 0 Å². The Bertz CT molecular complexity index is 402. The summed E-state index contributed by atoms with van der Waals surface area (Å²) < 4.78 is 5.44. The van der Waals surface area contributed by atoms with E-state index in [4.69, 9.17) is 9.84 Å². The molecule has 20 heavy (non-hydrogen) atoms. The van der Waals surface area contributed by atoms with E-state index in [0.717, 1.165) is 25.1 Å². The Morgan fingerprint density at radius 2 is 2.10 bits per heavy atom. The molecule has 3 heteroatoms. The van der Waals surface area contributed by atoms with Crippen molar-refractivity contribution in [3.05, 3.63) is 29.8 Å². The molecule has 0 spiro atoms. The number of benzene rings is 1. The lowest BCUT2D eigenvalue weighted by atomic mass is 9.75. The monoisotopic (exact) mass is 277 g/mol. The second-order valence-electron chi connectivity index (χ2n) is 5.80. The van der Waals surface area contributed by atoms with Crippen molar-refractivity contribution in [2.45, 2.75) is 44.6 Å². The van der Waals surface area contributed by atoms with E-state index in [-0.39, 0.29) is 0 Å². The Kier molecular flexibility index (Phi) is 5.86. The second kappa shape index (κ2) is 7.65. The molecule has 0 aromatic heterocycles. The molecule has 1 aromatic rings. The fourth-order valence-corrected chi connectivity index (χ4v) is 3.01. The maximum absolute atomic E-state index is 9.01. The van der Waals surface area contributed by atoms with E-state index in [1.807, 2.05) is 12.1 Å². The van der Waals surface area contributed by atoms with E-state index in [1.54, 1.807) is 7.11 Å². The van der Waals surface area contributed by atoms with Crippen molar-refractivity contribution in [2.24, 2.45) is 5.92 Å². The maximum atomic E-state index is 9.01. The number of methoxy groups -OCH3 is 1. The van der Waals surface area contributed by atoms with Gasteiger partial charge in [-0.3, -0.25) is 0 Å². The Balaban J connectivity index is 1.77. The molecule has 0 radical (unpaired) electrons. The Morgan fingerprint density at radius 3 is 2.75 bits per heavy atom. The molecule has 1 aromatic carbocycles. The summed E-state index contributed by atoms with van der Waals surface area (Å²) in [6.07, 6.45) is 4.42. The van der Waals surface area contributed by atoms with Crippen LogP contribution in [-0.4, -0.2) is 31.4 Å². The number of ether oxygens (including phenoxy) is 1. The molecule has 0 bridgehead atoms. The van der Waals surface area contributed by atoms with Gasteiger partial charge in [0, 0.05) is 12.6 Å². The van der Waals surface area contributed by atoms with Crippen molar-refractivity contribution >= 4 is 0 Å². The molecule has 1 saturated carbocycles. The summed E-state index contributed by atoms with van der Waals surface area (Å²) in [4.78, 5) is 0. The van der Waals surface area contributed by atoms with Gasteiger partial charge in [-0.1, -0.05) is 31.5 Å². The molecule has 2 rings (SSSR count). The molecule has 2 N–H and O–H groups in total. The van der Waals surface area contributed by atoms with Crippen LogP contribution in [0.1, 0.15) is 44.1 Å². The lowest BCUT2D eigenvalue weighted by Gasteiger charge is -2.37. The first-order valence-corrected chi connectivity index (χ1v) is 7.75. The van der Waals surface area contributed by atoms with Crippen LogP contribution >= 0.6 is 0 Å². The highest BCUT2D eigenvalue weighted by Gasteiger charge is 2.31. The number of hydrogen-bond donors (Lipinski definition) is 2. The van der Waals surface area contributed by atoms with Crippen molar-refractivity contribution in [1.82, 2.24) is 5.32 Å². The van der Waals surface area contributed by atoms with Crippen LogP contribution in [0.5, 0.6) is 5.75 Å². The zero-order valence-electron chi connectivity index (χ0n) is 12.6. The maximum Gasteiger partial charge on any atom is 0.122 e. The second-order valence-corrected chi connectivity index (χ2v) is 5.80. The minimum atomic E-state index is 0.300. The number of aliphatic hydroxyl groups excluding tert-OH is 1. The minimum Gasteiger partial charge on any atom is -0.496 e. The van der Waals surface area contributed by atoms with Crippen LogP contribution in [0.3, 0.4) is 0 Å². The van der Waals surface area contributed by atoms with Gasteiger partial charge >= 0.3 is 0 Å². The van der Waals surface area contributed by atoms with E-state index in [1.165, 1.54) is 18.4 Å². The van der Waals surface area contributed by atoms with Crippen LogP contribution in [0, 0.1) is 5.92 Å². The highest BCUT2D eigenvalue weighted by atomic mass is 16.5. The summed E-state index contributed by atoms with van der Waals surface area (Å²) in [6.45, 7) is 3.52. The molecule has 3 nitrogen and oxygen atoms in total. The number of rotatable bonds is 8. The molecular weight excluding hydrogens is 250 g/mol. The van der Waals surface area contributed by atoms with Gasteiger partial charge in [-0.2, -0.15) is 0 Å². The zero-order chi connectivity index (χ0) is 14.4. The van der Waals surface area contributed by atoms with Crippen LogP contribution in [-0.2, 0) is 0 Å². The Hall–Kier alpha value is -1.06. The first-order valence-electron chi connectivity index (χ1n) is 7.75. The Labute approximate surface area is 122 Å². The lowest BCUT2D eigenvalue weighted by molar-refractivity contribution is 0.230. The Morgan fingerprint density at radius 1 is 1.35 bits per heavy atom. The number of hydrogen-bond acceptors (Lipinski definition) is 3. The van der Waals surface area contributed by atoms with Crippen molar-refractivity contribution in [3.8, 4) is 5.75 Å². The topological polar surface area (TPSA) is 41.5 Å². The summed E-state index contributed by atoms with van der Waals surface area (Å²) in [6, 6.07) is 8.97. The van der Waals surface area contributed by atoms with E-state index >= 15 is 0 Å². The van der Waals surface area contributed by atoms with Crippen molar-refractivity contribution < 1.29 is 9.84 Å². The first kappa shape index (κ1) is 15.3. The quantitative estimate of drug-likeness (QED) is 0.767. The van der Waals surface area contributed by atoms with Crippen LogP contribution in [0.15, 0.2) is 24.3 Å². The third-order valence-corrected chi connectivity index (χ3v) is 4.53. The highest BCUT2D eigenvalue weighted by Crippen LogP contribution is 2.40. The molecule has 1 atom stereocenters. The molecule has 0 saturated heterocycles. The SMILES string of the molecule is CCC(CCO)CNC1CC(c2ccccc2OC)C1. The van der Waals surface area contributed by atoms with Crippen LogP contribution in [0.25, 0.3) is 0 Å². The average molecular weight is 277 g/mol. The number of aliphatic hydroxyl groups is 1. The fourth-order valence-electron chi connectivity index (χ4n) is 3.01. The predicted octanol–water partition coefficient (Wildman–Crippen LogP) is 2.94. The van der Waals surface area contributed by atoms with Gasteiger partial charge in [-0.25, -0.2) is 0 Å². The molecule has 1 aliphatic rings. The molecular formula is C17H27NO2. The van der Waals surface area contributed by atoms with Crippen molar-refractivity contribution in [1.29, 1.82) is 0 Å². The predicted molar refractivity (Wildman–Crippen MR) is 82.2 cm³/mol. The van der Waals surface area contributed by atoms with Crippen LogP contribution in [0.2, 0.25) is 0 Å². The van der Waals surface area contributed by atoms with E-state index in [9.17, 15) is 0 Å².